The van der Waals surface area contributed by atoms with Crippen LogP contribution in [-0.2, 0) is 32.4 Å². The van der Waals surface area contributed by atoms with Crippen LogP contribution < -0.4 is 10.0 Å². The highest BCUT2D eigenvalue weighted by Gasteiger charge is 2.23. The van der Waals surface area contributed by atoms with E-state index >= 15 is 0 Å². The average Bonchev–Trinajstić information content (AvgIpc) is 2.87. The first-order valence-electron chi connectivity index (χ1n) is 12.1. The van der Waals surface area contributed by atoms with Gasteiger partial charge >= 0.3 is 0 Å². The third-order valence-electron chi connectivity index (χ3n) is 5.46. The first-order valence-corrected chi connectivity index (χ1v) is 13.6. The van der Waals surface area contributed by atoms with Crippen LogP contribution in [0.1, 0.15) is 42.3 Å². The Morgan fingerprint density at radius 2 is 1.66 bits per heavy atom. The second-order valence-electron chi connectivity index (χ2n) is 9.73. The molecular formula is C28H32FN3O5S. The lowest BCUT2D eigenvalue weighted by molar-refractivity contribution is -0.120. The van der Waals surface area contributed by atoms with Crippen LogP contribution >= 0.6 is 0 Å². The Balaban J connectivity index is 1.68. The van der Waals surface area contributed by atoms with Gasteiger partial charge < -0.3 is 10.1 Å². The Morgan fingerprint density at radius 1 is 0.974 bits per heavy atom. The molecule has 0 aliphatic heterocycles. The van der Waals surface area contributed by atoms with Gasteiger partial charge in [0.2, 0.25) is 0 Å². The molecular weight excluding hydrogens is 509 g/mol. The zero-order valence-electron chi connectivity index (χ0n) is 21.6. The molecule has 3 aromatic rings. The van der Waals surface area contributed by atoms with Crippen LogP contribution in [-0.4, -0.2) is 49.9 Å². The van der Waals surface area contributed by atoms with Crippen LogP contribution in [0.3, 0.4) is 0 Å². The molecule has 2 aromatic carbocycles. The molecule has 0 bridgehead atoms. The van der Waals surface area contributed by atoms with Crippen molar-refractivity contribution in [3.63, 3.8) is 0 Å². The molecule has 1 heterocycles. The van der Waals surface area contributed by atoms with Crippen molar-refractivity contribution in [3.05, 3.63) is 95.4 Å². The SMILES string of the molecule is CC(C)(C)OCCNS(=O)(=O)c1ccc(CC(=O)[C@H](Cc2ccccc2)NC(=O)c2ccc(F)cc2)cn1. The second-order valence-corrected chi connectivity index (χ2v) is 11.4. The second kappa shape index (κ2) is 12.9. The zero-order valence-corrected chi connectivity index (χ0v) is 22.4. The third kappa shape index (κ3) is 9.13. The van der Waals surface area contributed by atoms with Gasteiger partial charge in [-0.2, -0.15) is 0 Å². The fourth-order valence-electron chi connectivity index (χ4n) is 3.54. The molecule has 0 saturated heterocycles. The molecule has 1 amide bonds. The van der Waals surface area contributed by atoms with E-state index in [0.29, 0.717) is 5.56 Å². The van der Waals surface area contributed by atoms with Crippen molar-refractivity contribution in [2.75, 3.05) is 13.2 Å². The lowest BCUT2D eigenvalue weighted by atomic mass is 9.98. The van der Waals surface area contributed by atoms with E-state index in [0.717, 1.165) is 5.56 Å². The molecule has 1 aromatic heterocycles. The number of ketones is 1. The van der Waals surface area contributed by atoms with Crippen LogP contribution in [0.15, 0.2) is 78.0 Å². The summed E-state index contributed by atoms with van der Waals surface area (Å²) < 4.78 is 46.2. The highest BCUT2D eigenvalue weighted by molar-refractivity contribution is 7.89. The summed E-state index contributed by atoms with van der Waals surface area (Å²) in [6.45, 7) is 5.93. The van der Waals surface area contributed by atoms with Gasteiger partial charge in [0.1, 0.15) is 5.82 Å². The quantitative estimate of drug-likeness (QED) is 0.340. The number of carbonyl (C=O) groups excluding carboxylic acids is 2. The molecule has 10 heteroatoms. The van der Waals surface area contributed by atoms with Crippen LogP contribution in [0.5, 0.6) is 0 Å². The summed E-state index contributed by atoms with van der Waals surface area (Å²) in [6, 6.07) is 16.3. The molecule has 38 heavy (non-hydrogen) atoms. The van der Waals surface area contributed by atoms with Crippen molar-refractivity contribution >= 4 is 21.7 Å². The normalized spacial score (nSPS) is 12.6. The molecule has 2 N–H and O–H groups in total. The fraction of sp³-hybridized carbons (Fsp3) is 0.321. The first-order chi connectivity index (χ1) is 17.9. The van der Waals surface area contributed by atoms with Gasteiger partial charge in [-0.3, -0.25) is 9.59 Å². The maximum atomic E-state index is 13.3. The predicted molar refractivity (Wildman–Crippen MR) is 142 cm³/mol. The van der Waals surface area contributed by atoms with E-state index < -0.39 is 27.8 Å². The summed E-state index contributed by atoms with van der Waals surface area (Å²) in [4.78, 5) is 30.0. The number of benzene rings is 2. The van der Waals surface area contributed by atoms with Gasteiger partial charge in [-0.1, -0.05) is 36.4 Å². The van der Waals surface area contributed by atoms with E-state index in [9.17, 15) is 22.4 Å². The number of ether oxygens (including phenoxy) is 1. The number of hydrogen-bond donors (Lipinski definition) is 2. The van der Waals surface area contributed by atoms with E-state index in [1.807, 2.05) is 51.1 Å². The fourth-order valence-corrected chi connectivity index (χ4v) is 4.48. The van der Waals surface area contributed by atoms with Crippen molar-refractivity contribution in [2.45, 2.75) is 50.3 Å². The highest BCUT2D eigenvalue weighted by atomic mass is 32.2. The van der Waals surface area contributed by atoms with E-state index in [1.54, 1.807) is 0 Å². The number of Topliss-reactive ketones (excluding diaryl/α,β-unsaturated/α-hetero) is 1. The van der Waals surface area contributed by atoms with E-state index in [1.165, 1.54) is 42.6 Å². The number of carbonyl (C=O) groups is 2. The minimum Gasteiger partial charge on any atom is -0.375 e. The maximum Gasteiger partial charge on any atom is 0.258 e. The zero-order chi connectivity index (χ0) is 27.8. The third-order valence-corrected chi connectivity index (χ3v) is 6.84. The molecule has 1 atom stereocenters. The minimum atomic E-state index is -3.84. The van der Waals surface area contributed by atoms with Crippen molar-refractivity contribution < 1.29 is 27.1 Å². The Labute approximate surface area is 222 Å². The Bertz CT molecular complexity index is 1320. The van der Waals surface area contributed by atoms with Crippen molar-refractivity contribution in [1.29, 1.82) is 0 Å². The van der Waals surface area contributed by atoms with Crippen molar-refractivity contribution in [2.24, 2.45) is 0 Å². The van der Waals surface area contributed by atoms with Crippen LogP contribution in [0.25, 0.3) is 0 Å². The van der Waals surface area contributed by atoms with Gasteiger partial charge in [0.05, 0.1) is 18.2 Å². The van der Waals surface area contributed by atoms with E-state index in [2.05, 4.69) is 15.0 Å². The van der Waals surface area contributed by atoms with Gasteiger partial charge in [-0.25, -0.2) is 22.5 Å². The summed E-state index contributed by atoms with van der Waals surface area (Å²) in [5, 5.41) is 2.58. The monoisotopic (exact) mass is 541 g/mol. The Kier molecular flexibility index (Phi) is 9.84. The minimum absolute atomic E-state index is 0.0681. The summed E-state index contributed by atoms with van der Waals surface area (Å²) >= 11 is 0. The van der Waals surface area contributed by atoms with Gasteiger partial charge in [-0.05, 0) is 68.7 Å². The average molecular weight is 542 g/mol. The summed E-state index contributed by atoms with van der Waals surface area (Å²) in [5.41, 5.74) is 1.20. The number of nitrogens with zero attached hydrogens (tertiary/aromatic N) is 1. The molecule has 0 aliphatic rings. The summed E-state index contributed by atoms with van der Waals surface area (Å²) in [6.07, 6.45) is 1.52. The molecule has 0 aliphatic carbocycles. The standard InChI is InChI=1S/C28H32FN3O5S/c1-28(2,3)37-16-15-31-38(35,36)26-14-9-21(19-30-26)18-25(33)24(17-20-7-5-4-6-8-20)32-27(34)22-10-12-23(29)13-11-22/h4-14,19,24,31H,15-18H2,1-3H3,(H,32,34)/t24-/m0/s1. The molecule has 202 valence electrons. The molecule has 0 spiro atoms. The lowest BCUT2D eigenvalue weighted by Gasteiger charge is -2.19. The molecule has 0 radical (unpaired) electrons. The number of rotatable bonds is 12. The Morgan fingerprint density at radius 3 is 2.26 bits per heavy atom. The Hall–Kier alpha value is -3.47. The molecule has 8 nitrogen and oxygen atoms in total. The summed E-state index contributed by atoms with van der Waals surface area (Å²) in [5.74, 6) is -1.25. The van der Waals surface area contributed by atoms with Crippen molar-refractivity contribution in [3.8, 4) is 0 Å². The lowest BCUT2D eigenvalue weighted by Crippen LogP contribution is -2.43. The van der Waals surface area contributed by atoms with Gasteiger partial charge in [-0.15, -0.1) is 0 Å². The maximum absolute atomic E-state index is 13.3. The largest absolute Gasteiger partial charge is 0.375 e. The molecule has 0 unspecified atom stereocenters. The number of pyridine rings is 1. The number of nitrogens with one attached hydrogen (secondary N) is 2. The summed E-state index contributed by atoms with van der Waals surface area (Å²) in [7, 11) is -3.84. The van der Waals surface area contributed by atoms with E-state index in [4.69, 9.17) is 4.74 Å². The van der Waals surface area contributed by atoms with Crippen LogP contribution in [0.4, 0.5) is 4.39 Å². The molecule has 0 fully saturated rings. The highest BCUT2D eigenvalue weighted by Crippen LogP contribution is 2.12. The first kappa shape index (κ1) is 29.1. The number of amides is 1. The van der Waals surface area contributed by atoms with Crippen LogP contribution in [0, 0.1) is 5.82 Å². The van der Waals surface area contributed by atoms with Crippen molar-refractivity contribution in [1.82, 2.24) is 15.0 Å². The van der Waals surface area contributed by atoms with E-state index in [-0.39, 0.29) is 48.0 Å². The van der Waals surface area contributed by atoms with Gasteiger partial charge in [0.25, 0.3) is 15.9 Å². The smallest absolute Gasteiger partial charge is 0.258 e. The number of halogens is 1. The number of sulfonamides is 1. The van der Waals surface area contributed by atoms with Gasteiger partial charge in [0.15, 0.2) is 10.8 Å². The molecule has 3 rings (SSSR count). The molecule has 0 saturated carbocycles. The van der Waals surface area contributed by atoms with Crippen LogP contribution in [0.2, 0.25) is 0 Å². The number of aromatic nitrogens is 1. The number of hydrogen-bond acceptors (Lipinski definition) is 6. The predicted octanol–water partition coefficient (Wildman–Crippen LogP) is 3.47. The topological polar surface area (TPSA) is 114 Å². The van der Waals surface area contributed by atoms with Gasteiger partial charge in [0, 0.05) is 24.7 Å².